The zero-order valence-corrected chi connectivity index (χ0v) is 15.8. The van der Waals surface area contributed by atoms with E-state index < -0.39 is 0 Å². The Hall–Kier alpha value is -3.38. The van der Waals surface area contributed by atoms with Gasteiger partial charge in [0.25, 0.3) is 5.91 Å². The van der Waals surface area contributed by atoms with Gasteiger partial charge in [0.1, 0.15) is 11.5 Å². The summed E-state index contributed by atoms with van der Waals surface area (Å²) in [6.45, 7) is 2.09. The van der Waals surface area contributed by atoms with E-state index in [0.717, 1.165) is 5.56 Å². The molecule has 0 aliphatic rings. The summed E-state index contributed by atoms with van der Waals surface area (Å²) in [7, 11) is 0. The Labute approximate surface area is 166 Å². The zero-order chi connectivity index (χ0) is 19.9. The van der Waals surface area contributed by atoms with Crippen LogP contribution in [0.4, 0.5) is 0 Å². The highest BCUT2D eigenvalue weighted by molar-refractivity contribution is 6.30. The zero-order valence-electron chi connectivity index (χ0n) is 15.0. The lowest BCUT2D eigenvalue weighted by molar-refractivity contribution is 0.0526. The topological polar surface area (TPSA) is 80.9 Å². The summed E-state index contributed by atoms with van der Waals surface area (Å²) in [5.74, 6) is 0.369. The molecule has 0 atom stereocenters. The van der Waals surface area contributed by atoms with E-state index >= 15 is 0 Å². The highest BCUT2D eigenvalue weighted by Gasteiger charge is 2.08. The number of nitrogens with zero attached hydrogens (tertiary/aromatic N) is 1. The minimum absolute atomic E-state index is 0.329. The number of carbonyl (C=O) groups excluding carboxylic acids is 2. The lowest BCUT2D eigenvalue weighted by Crippen LogP contribution is -2.17. The Morgan fingerprint density at radius 3 is 2.39 bits per heavy atom. The number of furan rings is 1. The summed E-state index contributed by atoms with van der Waals surface area (Å²) < 4.78 is 10.6. The largest absolute Gasteiger partial charge is 0.462 e. The summed E-state index contributed by atoms with van der Waals surface area (Å²) in [5, 5.41) is 4.45. The minimum Gasteiger partial charge on any atom is -0.462 e. The fourth-order valence-electron chi connectivity index (χ4n) is 2.38. The van der Waals surface area contributed by atoms with Gasteiger partial charge < -0.3 is 9.15 Å². The SMILES string of the molecule is CCOC(=O)c1ccc(-c2ccc(C=NNC(=O)c3ccc(Cl)cc3)o2)cc1. The molecule has 0 fully saturated rings. The third kappa shape index (κ3) is 4.86. The van der Waals surface area contributed by atoms with Crippen LogP contribution < -0.4 is 5.43 Å². The van der Waals surface area contributed by atoms with Crippen molar-refractivity contribution in [3.63, 3.8) is 0 Å². The number of hydrogen-bond donors (Lipinski definition) is 1. The molecular formula is C21H17ClN2O4. The molecule has 0 bridgehead atoms. The van der Waals surface area contributed by atoms with Gasteiger partial charge >= 0.3 is 5.97 Å². The first-order chi connectivity index (χ1) is 13.6. The molecule has 0 radical (unpaired) electrons. The lowest BCUT2D eigenvalue weighted by Gasteiger charge is -2.02. The van der Waals surface area contributed by atoms with Crippen LogP contribution in [-0.2, 0) is 4.74 Å². The predicted octanol–water partition coefficient (Wildman–Crippen LogP) is 4.54. The summed E-state index contributed by atoms with van der Waals surface area (Å²) in [5.41, 5.74) is 4.15. The lowest BCUT2D eigenvalue weighted by atomic mass is 10.1. The second kappa shape index (κ2) is 9.01. The molecule has 1 N–H and O–H groups in total. The van der Waals surface area contributed by atoms with Gasteiger partial charge in [0, 0.05) is 16.1 Å². The number of hydrogen-bond acceptors (Lipinski definition) is 5. The number of nitrogens with one attached hydrogen (secondary N) is 1. The molecule has 3 aromatic rings. The molecule has 28 heavy (non-hydrogen) atoms. The van der Waals surface area contributed by atoms with Crippen LogP contribution >= 0.6 is 11.6 Å². The number of ether oxygens (including phenoxy) is 1. The number of halogens is 1. The molecule has 7 heteroatoms. The predicted molar refractivity (Wildman–Crippen MR) is 107 cm³/mol. The summed E-state index contributed by atoms with van der Waals surface area (Å²) in [6, 6.07) is 16.9. The number of carbonyl (C=O) groups is 2. The molecule has 1 amide bonds. The Bertz CT molecular complexity index is 992. The molecular weight excluding hydrogens is 380 g/mol. The van der Waals surface area contributed by atoms with Crippen molar-refractivity contribution in [1.29, 1.82) is 0 Å². The average Bonchev–Trinajstić information content (AvgIpc) is 3.17. The Morgan fingerprint density at radius 2 is 1.71 bits per heavy atom. The number of esters is 1. The fourth-order valence-corrected chi connectivity index (χ4v) is 2.51. The maximum atomic E-state index is 12.0. The van der Waals surface area contributed by atoms with Crippen LogP contribution in [0.15, 0.2) is 70.2 Å². The maximum absolute atomic E-state index is 12.0. The van der Waals surface area contributed by atoms with Crippen LogP contribution in [0.5, 0.6) is 0 Å². The van der Waals surface area contributed by atoms with Crippen LogP contribution in [0.2, 0.25) is 5.02 Å². The van der Waals surface area contributed by atoms with E-state index in [1.165, 1.54) is 6.21 Å². The van der Waals surface area contributed by atoms with Crippen molar-refractivity contribution in [2.24, 2.45) is 5.10 Å². The molecule has 0 spiro atoms. The van der Waals surface area contributed by atoms with Crippen molar-refractivity contribution in [2.75, 3.05) is 6.61 Å². The van der Waals surface area contributed by atoms with E-state index in [4.69, 9.17) is 20.8 Å². The molecule has 0 unspecified atom stereocenters. The van der Waals surface area contributed by atoms with Crippen LogP contribution in [0.1, 0.15) is 33.4 Å². The Morgan fingerprint density at radius 1 is 1.04 bits per heavy atom. The van der Waals surface area contributed by atoms with E-state index in [2.05, 4.69) is 10.5 Å². The molecule has 0 aliphatic heterocycles. The van der Waals surface area contributed by atoms with E-state index in [1.807, 2.05) is 0 Å². The van der Waals surface area contributed by atoms with Crippen LogP contribution in [-0.4, -0.2) is 24.7 Å². The first-order valence-electron chi connectivity index (χ1n) is 8.53. The van der Waals surface area contributed by atoms with E-state index in [1.54, 1.807) is 67.6 Å². The second-order valence-electron chi connectivity index (χ2n) is 5.71. The highest BCUT2D eigenvalue weighted by Crippen LogP contribution is 2.22. The van der Waals surface area contributed by atoms with Gasteiger partial charge in [-0.25, -0.2) is 10.2 Å². The van der Waals surface area contributed by atoms with E-state index in [9.17, 15) is 9.59 Å². The van der Waals surface area contributed by atoms with Crippen molar-refractivity contribution in [3.8, 4) is 11.3 Å². The van der Waals surface area contributed by atoms with Gasteiger partial charge in [0.05, 0.1) is 18.4 Å². The van der Waals surface area contributed by atoms with E-state index in [-0.39, 0.29) is 11.9 Å². The van der Waals surface area contributed by atoms with E-state index in [0.29, 0.717) is 34.3 Å². The molecule has 142 valence electrons. The molecule has 1 aromatic heterocycles. The summed E-state index contributed by atoms with van der Waals surface area (Å²) >= 11 is 5.80. The smallest absolute Gasteiger partial charge is 0.338 e. The van der Waals surface area contributed by atoms with Gasteiger partial charge in [0.15, 0.2) is 0 Å². The monoisotopic (exact) mass is 396 g/mol. The van der Waals surface area contributed by atoms with Crippen molar-refractivity contribution in [2.45, 2.75) is 6.92 Å². The molecule has 6 nitrogen and oxygen atoms in total. The first-order valence-corrected chi connectivity index (χ1v) is 8.91. The minimum atomic E-state index is -0.363. The van der Waals surface area contributed by atoms with Crippen molar-refractivity contribution in [1.82, 2.24) is 5.43 Å². The Kier molecular flexibility index (Phi) is 6.24. The molecule has 0 aliphatic carbocycles. The first kappa shape index (κ1) is 19.4. The van der Waals surface area contributed by atoms with Gasteiger partial charge in [-0.2, -0.15) is 5.10 Å². The van der Waals surface area contributed by atoms with Gasteiger partial charge in [0.2, 0.25) is 0 Å². The van der Waals surface area contributed by atoms with Crippen molar-refractivity contribution < 1.29 is 18.7 Å². The standard InChI is InChI=1S/C21H17ClN2O4/c1-2-27-21(26)16-5-3-14(4-6-16)19-12-11-18(28-19)13-23-24-20(25)15-7-9-17(22)10-8-15/h3-13H,2H2,1H3,(H,24,25). The highest BCUT2D eigenvalue weighted by atomic mass is 35.5. The van der Waals surface area contributed by atoms with Gasteiger partial charge in [-0.3, -0.25) is 4.79 Å². The number of amides is 1. The maximum Gasteiger partial charge on any atom is 0.338 e. The molecule has 0 saturated carbocycles. The van der Waals surface area contributed by atoms with Crippen LogP contribution in [0.25, 0.3) is 11.3 Å². The van der Waals surface area contributed by atoms with Gasteiger partial charge in [-0.1, -0.05) is 23.7 Å². The number of hydrazone groups is 1. The van der Waals surface area contributed by atoms with Gasteiger partial charge in [-0.05, 0) is 55.5 Å². The van der Waals surface area contributed by atoms with Crippen LogP contribution in [0.3, 0.4) is 0 Å². The van der Waals surface area contributed by atoms with Gasteiger partial charge in [-0.15, -0.1) is 0 Å². The van der Waals surface area contributed by atoms with Crippen molar-refractivity contribution in [3.05, 3.63) is 82.6 Å². The fraction of sp³-hybridized carbons (Fsp3) is 0.0952. The summed E-state index contributed by atoms with van der Waals surface area (Å²) in [6.07, 6.45) is 1.41. The average molecular weight is 397 g/mol. The second-order valence-corrected chi connectivity index (χ2v) is 6.14. The third-order valence-electron chi connectivity index (χ3n) is 3.77. The normalized spacial score (nSPS) is 10.8. The van der Waals surface area contributed by atoms with Crippen LogP contribution in [0, 0.1) is 0 Å². The number of rotatable bonds is 6. The quantitative estimate of drug-likeness (QED) is 0.377. The summed E-state index contributed by atoms with van der Waals surface area (Å²) in [4.78, 5) is 23.7. The molecule has 3 rings (SSSR count). The molecule has 0 saturated heterocycles. The Balaban J connectivity index is 1.62. The number of benzene rings is 2. The third-order valence-corrected chi connectivity index (χ3v) is 4.02. The molecule has 1 heterocycles. The molecule has 2 aromatic carbocycles. The van der Waals surface area contributed by atoms with Crippen molar-refractivity contribution >= 4 is 29.7 Å².